The van der Waals surface area contributed by atoms with Gasteiger partial charge in [0.05, 0.1) is 0 Å². The summed E-state index contributed by atoms with van der Waals surface area (Å²) >= 11 is 0. The molecule has 2 rings (SSSR count). The van der Waals surface area contributed by atoms with Crippen molar-refractivity contribution in [1.82, 2.24) is 8.61 Å². The highest BCUT2D eigenvalue weighted by molar-refractivity contribution is 7.86. The Hall–Kier alpha value is -1.24. The Balaban J connectivity index is 2.13. The number of nitrogens with zero attached hydrogens (tertiary/aromatic N) is 2. The summed E-state index contributed by atoms with van der Waals surface area (Å²) < 4.78 is 28.2. The molecule has 122 valence electrons. The van der Waals surface area contributed by atoms with E-state index in [0.29, 0.717) is 12.1 Å². The second-order valence-corrected chi connectivity index (χ2v) is 7.96. The fourth-order valence-corrected chi connectivity index (χ4v) is 4.48. The lowest BCUT2D eigenvalue weighted by molar-refractivity contribution is 0.0960. The van der Waals surface area contributed by atoms with Gasteiger partial charge in [0.25, 0.3) is 10.2 Å². The highest BCUT2D eigenvalue weighted by atomic mass is 32.2. The van der Waals surface area contributed by atoms with Crippen molar-refractivity contribution >= 4 is 16.0 Å². The number of hydrogen-bond donors (Lipinski definition) is 0. The molecule has 5 nitrogen and oxygen atoms in total. The number of rotatable bonds is 6. The Labute approximate surface area is 133 Å². The zero-order valence-corrected chi connectivity index (χ0v) is 14.2. The lowest BCUT2D eigenvalue weighted by atomic mass is 10.0. The molecule has 1 fully saturated rings. The van der Waals surface area contributed by atoms with Crippen LogP contribution in [0.4, 0.5) is 0 Å². The zero-order chi connectivity index (χ0) is 16.3. The summed E-state index contributed by atoms with van der Waals surface area (Å²) in [6.07, 6.45) is 1.79. The molecule has 0 N–H and O–H groups in total. The second kappa shape index (κ2) is 6.89. The van der Waals surface area contributed by atoms with E-state index >= 15 is 0 Å². The van der Waals surface area contributed by atoms with Gasteiger partial charge >= 0.3 is 0 Å². The topological polar surface area (TPSA) is 57.7 Å². The predicted octanol–water partition coefficient (Wildman–Crippen LogP) is 2.31. The Kier molecular flexibility index (Phi) is 5.36. The largest absolute Gasteiger partial charge is 0.294 e. The van der Waals surface area contributed by atoms with Crippen molar-refractivity contribution in [2.45, 2.75) is 45.2 Å². The maximum Gasteiger partial charge on any atom is 0.282 e. The lowest BCUT2D eigenvalue weighted by Gasteiger charge is -2.30. The minimum absolute atomic E-state index is 0.0000926. The van der Waals surface area contributed by atoms with Gasteiger partial charge in [-0.05, 0) is 26.7 Å². The Morgan fingerprint density at radius 2 is 1.95 bits per heavy atom. The Morgan fingerprint density at radius 1 is 1.32 bits per heavy atom. The summed E-state index contributed by atoms with van der Waals surface area (Å²) in [6.45, 7) is 4.18. The van der Waals surface area contributed by atoms with Crippen LogP contribution >= 0.6 is 0 Å². The average molecular weight is 324 g/mol. The molecule has 0 amide bonds. The maximum atomic E-state index is 12.6. The smallest absolute Gasteiger partial charge is 0.282 e. The SMILES string of the molecule is CC(C)N(C)S(=O)(=O)N1CCCC1CC(=O)c1ccccc1. The van der Waals surface area contributed by atoms with Crippen molar-refractivity contribution in [2.24, 2.45) is 0 Å². The molecule has 1 aromatic carbocycles. The van der Waals surface area contributed by atoms with Crippen molar-refractivity contribution in [3.63, 3.8) is 0 Å². The van der Waals surface area contributed by atoms with E-state index in [1.165, 1.54) is 8.61 Å². The van der Waals surface area contributed by atoms with E-state index in [9.17, 15) is 13.2 Å². The molecule has 1 unspecified atom stereocenters. The molecule has 1 aliphatic heterocycles. The summed E-state index contributed by atoms with van der Waals surface area (Å²) in [6, 6.07) is 8.72. The Morgan fingerprint density at radius 3 is 2.55 bits per heavy atom. The van der Waals surface area contributed by atoms with Crippen molar-refractivity contribution in [1.29, 1.82) is 0 Å². The van der Waals surface area contributed by atoms with E-state index in [1.807, 2.05) is 32.0 Å². The molecular formula is C16H24N2O3S. The van der Waals surface area contributed by atoms with E-state index in [0.717, 1.165) is 12.8 Å². The summed E-state index contributed by atoms with van der Waals surface area (Å²) in [5, 5.41) is 0. The van der Waals surface area contributed by atoms with Crippen LogP contribution in [0.1, 0.15) is 43.5 Å². The first-order chi connectivity index (χ1) is 10.3. The highest BCUT2D eigenvalue weighted by Gasteiger charge is 2.38. The highest BCUT2D eigenvalue weighted by Crippen LogP contribution is 2.26. The molecule has 22 heavy (non-hydrogen) atoms. The molecule has 0 bridgehead atoms. The standard InChI is InChI=1S/C16H24N2O3S/c1-13(2)17(3)22(20,21)18-11-7-10-15(18)12-16(19)14-8-5-4-6-9-14/h4-6,8-9,13,15H,7,10-12H2,1-3H3. The monoisotopic (exact) mass is 324 g/mol. The van der Waals surface area contributed by atoms with Crippen LogP contribution in [0.25, 0.3) is 0 Å². The number of ketones is 1. The summed E-state index contributed by atoms with van der Waals surface area (Å²) in [5.74, 6) is -0.0000926. The van der Waals surface area contributed by atoms with Gasteiger partial charge in [-0.3, -0.25) is 4.79 Å². The van der Waals surface area contributed by atoms with E-state index in [4.69, 9.17) is 0 Å². The van der Waals surface area contributed by atoms with Crippen LogP contribution < -0.4 is 0 Å². The molecule has 0 saturated carbocycles. The second-order valence-electron chi connectivity index (χ2n) is 6.02. The number of hydrogen-bond acceptors (Lipinski definition) is 3. The molecule has 1 heterocycles. The molecule has 1 atom stereocenters. The summed E-state index contributed by atoms with van der Waals surface area (Å²) in [4.78, 5) is 12.3. The van der Waals surface area contributed by atoms with E-state index in [2.05, 4.69) is 0 Å². The minimum Gasteiger partial charge on any atom is -0.294 e. The lowest BCUT2D eigenvalue weighted by Crippen LogP contribution is -2.47. The van der Waals surface area contributed by atoms with E-state index in [-0.39, 0.29) is 24.3 Å². The predicted molar refractivity (Wildman–Crippen MR) is 86.9 cm³/mol. The van der Waals surface area contributed by atoms with Crippen LogP contribution in [0, 0.1) is 0 Å². The van der Waals surface area contributed by atoms with Gasteiger partial charge in [0.1, 0.15) is 0 Å². The maximum absolute atomic E-state index is 12.6. The normalized spacial score (nSPS) is 20.0. The molecule has 0 radical (unpaired) electrons. The average Bonchev–Trinajstić information content (AvgIpc) is 2.96. The fraction of sp³-hybridized carbons (Fsp3) is 0.562. The van der Waals surface area contributed by atoms with Crippen molar-refractivity contribution in [2.75, 3.05) is 13.6 Å². The molecule has 1 aromatic rings. The fourth-order valence-electron chi connectivity index (χ4n) is 2.70. The van der Waals surface area contributed by atoms with Crippen molar-refractivity contribution in [3.8, 4) is 0 Å². The first-order valence-electron chi connectivity index (χ1n) is 7.67. The third-order valence-electron chi connectivity index (χ3n) is 4.23. The molecule has 0 spiro atoms. The van der Waals surface area contributed by atoms with Crippen molar-refractivity contribution < 1.29 is 13.2 Å². The molecule has 1 aliphatic rings. The minimum atomic E-state index is -3.50. The van der Waals surface area contributed by atoms with Gasteiger partial charge in [0.15, 0.2) is 5.78 Å². The quantitative estimate of drug-likeness (QED) is 0.755. The van der Waals surface area contributed by atoms with Gasteiger partial charge < -0.3 is 0 Å². The molecular weight excluding hydrogens is 300 g/mol. The van der Waals surface area contributed by atoms with Gasteiger partial charge in [-0.1, -0.05) is 30.3 Å². The van der Waals surface area contributed by atoms with Crippen LogP contribution in [0.3, 0.4) is 0 Å². The molecule has 0 aromatic heterocycles. The summed E-state index contributed by atoms with van der Waals surface area (Å²) in [7, 11) is -1.91. The first-order valence-corrected chi connectivity index (χ1v) is 9.06. The van der Waals surface area contributed by atoms with Gasteiger partial charge in [0.2, 0.25) is 0 Å². The number of carbonyl (C=O) groups is 1. The third kappa shape index (κ3) is 3.56. The van der Waals surface area contributed by atoms with Crippen LogP contribution in [-0.4, -0.2) is 48.5 Å². The molecule has 6 heteroatoms. The van der Waals surface area contributed by atoms with Crippen LogP contribution in [0.15, 0.2) is 30.3 Å². The van der Waals surface area contributed by atoms with E-state index < -0.39 is 10.2 Å². The van der Waals surface area contributed by atoms with Gasteiger partial charge in [0, 0.05) is 37.7 Å². The van der Waals surface area contributed by atoms with Gasteiger partial charge in [-0.15, -0.1) is 0 Å². The van der Waals surface area contributed by atoms with Crippen molar-refractivity contribution in [3.05, 3.63) is 35.9 Å². The van der Waals surface area contributed by atoms with Crippen LogP contribution in [0.5, 0.6) is 0 Å². The van der Waals surface area contributed by atoms with Crippen LogP contribution in [-0.2, 0) is 10.2 Å². The summed E-state index contributed by atoms with van der Waals surface area (Å²) in [5.41, 5.74) is 0.643. The first kappa shape index (κ1) is 17.1. The zero-order valence-electron chi connectivity index (χ0n) is 13.4. The third-order valence-corrected chi connectivity index (χ3v) is 6.45. The van der Waals surface area contributed by atoms with Gasteiger partial charge in [-0.2, -0.15) is 17.0 Å². The molecule has 1 saturated heterocycles. The number of Topliss-reactive ketones (excluding diaryl/α,β-unsaturated/α-hetero) is 1. The number of carbonyl (C=O) groups excluding carboxylic acids is 1. The Bertz CT molecular complexity index is 614. The van der Waals surface area contributed by atoms with Crippen LogP contribution in [0.2, 0.25) is 0 Å². The van der Waals surface area contributed by atoms with Gasteiger partial charge in [-0.25, -0.2) is 0 Å². The van der Waals surface area contributed by atoms with E-state index in [1.54, 1.807) is 19.2 Å². The molecule has 0 aliphatic carbocycles. The number of benzene rings is 1.